The smallest absolute Gasteiger partial charge is 0.137 e. The zero-order valence-corrected chi connectivity index (χ0v) is 13.0. The molecule has 0 saturated carbocycles. The van der Waals surface area contributed by atoms with Crippen molar-refractivity contribution in [3.63, 3.8) is 0 Å². The van der Waals surface area contributed by atoms with Crippen molar-refractivity contribution in [1.82, 2.24) is 9.97 Å². The van der Waals surface area contributed by atoms with Crippen LogP contribution in [-0.4, -0.2) is 16.5 Å². The van der Waals surface area contributed by atoms with Gasteiger partial charge in [0.05, 0.1) is 0 Å². The Balaban J connectivity index is 2.81. The maximum Gasteiger partial charge on any atom is 0.137 e. The summed E-state index contributed by atoms with van der Waals surface area (Å²) in [7, 11) is 0. The van der Waals surface area contributed by atoms with Crippen LogP contribution in [0.2, 0.25) is 5.15 Å². The van der Waals surface area contributed by atoms with Crippen molar-refractivity contribution >= 4 is 17.4 Å². The normalized spacial score (nSPS) is 13.8. The van der Waals surface area contributed by atoms with Gasteiger partial charge in [-0.25, -0.2) is 9.97 Å². The van der Waals surface area contributed by atoms with Crippen LogP contribution >= 0.6 is 11.6 Å². The summed E-state index contributed by atoms with van der Waals surface area (Å²) in [5.41, 5.74) is -0.0923. The van der Waals surface area contributed by atoms with E-state index >= 15 is 0 Å². The SMILES string of the molecule is CC(C)C(C)CNc1cc(Cl)nc(C(C)(C)C)n1. The highest BCUT2D eigenvalue weighted by atomic mass is 35.5. The largest absolute Gasteiger partial charge is 0.370 e. The van der Waals surface area contributed by atoms with E-state index in [2.05, 4.69) is 56.8 Å². The van der Waals surface area contributed by atoms with E-state index in [0.29, 0.717) is 17.0 Å². The number of hydrogen-bond donors (Lipinski definition) is 1. The van der Waals surface area contributed by atoms with Crippen molar-refractivity contribution in [2.24, 2.45) is 11.8 Å². The van der Waals surface area contributed by atoms with E-state index in [4.69, 9.17) is 11.6 Å². The number of rotatable bonds is 4. The van der Waals surface area contributed by atoms with Crippen LogP contribution in [0.5, 0.6) is 0 Å². The van der Waals surface area contributed by atoms with Gasteiger partial charge in [0.2, 0.25) is 0 Å². The summed E-state index contributed by atoms with van der Waals surface area (Å²) in [5.74, 6) is 2.83. The van der Waals surface area contributed by atoms with E-state index in [-0.39, 0.29) is 5.41 Å². The molecule has 0 aliphatic rings. The van der Waals surface area contributed by atoms with Gasteiger partial charge in [0.15, 0.2) is 0 Å². The lowest BCUT2D eigenvalue weighted by molar-refractivity contribution is 0.439. The van der Waals surface area contributed by atoms with Gasteiger partial charge in [-0.15, -0.1) is 0 Å². The standard InChI is InChI=1S/C14H24ClN3/c1-9(2)10(3)8-16-12-7-11(15)17-13(18-12)14(4,5)6/h7,9-10H,8H2,1-6H3,(H,16,17,18). The van der Waals surface area contributed by atoms with E-state index in [1.807, 2.05) is 0 Å². The molecule has 3 nitrogen and oxygen atoms in total. The van der Waals surface area contributed by atoms with Gasteiger partial charge in [0.25, 0.3) is 0 Å². The van der Waals surface area contributed by atoms with Crippen LogP contribution < -0.4 is 5.32 Å². The molecule has 0 radical (unpaired) electrons. The Morgan fingerprint density at radius 3 is 2.33 bits per heavy atom. The molecule has 0 amide bonds. The Morgan fingerprint density at radius 1 is 1.22 bits per heavy atom. The van der Waals surface area contributed by atoms with Crippen molar-refractivity contribution in [3.05, 3.63) is 17.0 Å². The van der Waals surface area contributed by atoms with Gasteiger partial charge in [-0.1, -0.05) is 53.1 Å². The van der Waals surface area contributed by atoms with Crippen LogP contribution in [0.1, 0.15) is 47.4 Å². The number of hydrogen-bond acceptors (Lipinski definition) is 3. The van der Waals surface area contributed by atoms with Gasteiger partial charge in [-0.2, -0.15) is 0 Å². The number of nitrogens with one attached hydrogen (secondary N) is 1. The molecule has 0 bridgehead atoms. The van der Waals surface area contributed by atoms with Crippen molar-refractivity contribution in [1.29, 1.82) is 0 Å². The molecule has 1 unspecified atom stereocenters. The van der Waals surface area contributed by atoms with E-state index in [1.165, 1.54) is 0 Å². The van der Waals surface area contributed by atoms with Gasteiger partial charge in [0, 0.05) is 18.0 Å². The zero-order valence-electron chi connectivity index (χ0n) is 12.2. The predicted octanol–water partition coefficient (Wildman–Crippen LogP) is 4.13. The Bertz CT molecular complexity index is 397. The topological polar surface area (TPSA) is 37.8 Å². The lowest BCUT2D eigenvalue weighted by Gasteiger charge is -2.20. The average molecular weight is 270 g/mol. The number of nitrogens with zero attached hydrogens (tertiary/aromatic N) is 2. The van der Waals surface area contributed by atoms with Gasteiger partial charge in [-0.05, 0) is 11.8 Å². The number of halogens is 1. The van der Waals surface area contributed by atoms with E-state index in [1.54, 1.807) is 6.07 Å². The number of anilines is 1. The van der Waals surface area contributed by atoms with E-state index in [0.717, 1.165) is 18.2 Å². The highest BCUT2D eigenvalue weighted by Gasteiger charge is 2.19. The van der Waals surface area contributed by atoms with Gasteiger partial charge >= 0.3 is 0 Å². The van der Waals surface area contributed by atoms with Crippen LogP contribution in [0.3, 0.4) is 0 Å². The van der Waals surface area contributed by atoms with Crippen LogP contribution in [0.25, 0.3) is 0 Å². The van der Waals surface area contributed by atoms with Crippen molar-refractivity contribution in [3.8, 4) is 0 Å². The zero-order chi connectivity index (χ0) is 13.9. The second-order valence-electron chi connectivity index (χ2n) is 6.25. The molecule has 1 aromatic heterocycles. The first-order valence-corrected chi connectivity index (χ1v) is 6.87. The third kappa shape index (κ3) is 4.45. The minimum absolute atomic E-state index is 0.0923. The molecule has 0 spiro atoms. The van der Waals surface area contributed by atoms with Crippen LogP contribution in [0.15, 0.2) is 6.07 Å². The minimum atomic E-state index is -0.0923. The first-order valence-electron chi connectivity index (χ1n) is 6.49. The van der Waals surface area contributed by atoms with Gasteiger partial charge < -0.3 is 5.32 Å². The molecule has 1 atom stereocenters. The Labute approximate surface area is 115 Å². The third-order valence-corrected chi connectivity index (χ3v) is 3.30. The second kappa shape index (κ2) is 5.87. The molecule has 0 aliphatic carbocycles. The van der Waals surface area contributed by atoms with Crippen LogP contribution in [0.4, 0.5) is 5.82 Å². The molecular formula is C14H24ClN3. The first kappa shape index (κ1) is 15.2. The highest BCUT2D eigenvalue weighted by Crippen LogP contribution is 2.22. The minimum Gasteiger partial charge on any atom is -0.370 e. The molecule has 4 heteroatoms. The Kier molecular flexibility index (Phi) is 4.97. The molecule has 0 saturated heterocycles. The van der Waals surface area contributed by atoms with E-state index < -0.39 is 0 Å². The fourth-order valence-electron chi connectivity index (χ4n) is 1.34. The molecule has 1 heterocycles. The van der Waals surface area contributed by atoms with Gasteiger partial charge in [-0.3, -0.25) is 0 Å². The summed E-state index contributed by atoms with van der Waals surface area (Å²) < 4.78 is 0. The molecule has 1 rings (SSSR count). The van der Waals surface area contributed by atoms with Crippen LogP contribution in [0, 0.1) is 11.8 Å². The van der Waals surface area contributed by atoms with E-state index in [9.17, 15) is 0 Å². The Morgan fingerprint density at radius 2 is 1.83 bits per heavy atom. The highest BCUT2D eigenvalue weighted by molar-refractivity contribution is 6.29. The van der Waals surface area contributed by atoms with Crippen molar-refractivity contribution in [2.75, 3.05) is 11.9 Å². The molecule has 0 aliphatic heterocycles. The van der Waals surface area contributed by atoms with Gasteiger partial charge in [0.1, 0.15) is 16.8 Å². The maximum atomic E-state index is 6.04. The van der Waals surface area contributed by atoms with Crippen molar-refractivity contribution in [2.45, 2.75) is 47.0 Å². The lowest BCUT2D eigenvalue weighted by atomic mass is 9.96. The predicted molar refractivity (Wildman–Crippen MR) is 78.2 cm³/mol. The summed E-state index contributed by atoms with van der Waals surface area (Å²) >= 11 is 6.04. The first-order chi connectivity index (χ1) is 8.20. The summed E-state index contributed by atoms with van der Waals surface area (Å²) in [4.78, 5) is 8.81. The second-order valence-corrected chi connectivity index (χ2v) is 6.64. The summed E-state index contributed by atoms with van der Waals surface area (Å²) in [5, 5.41) is 3.84. The third-order valence-electron chi connectivity index (χ3n) is 3.11. The quantitative estimate of drug-likeness (QED) is 0.835. The van der Waals surface area contributed by atoms with Crippen LogP contribution in [-0.2, 0) is 5.41 Å². The lowest BCUT2D eigenvalue weighted by Crippen LogP contribution is -2.20. The maximum absolute atomic E-state index is 6.04. The summed E-state index contributed by atoms with van der Waals surface area (Å²) in [6.45, 7) is 13.8. The fourth-order valence-corrected chi connectivity index (χ4v) is 1.53. The number of aromatic nitrogens is 2. The summed E-state index contributed by atoms with van der Waals surface area (Å²) in [6.07, 6.45) is 0. The molecule has 1 N–H and O–H groups in total. The monoisotopic (exact) mass is 269 g/mol. The molecule has 0 aromatic carbocycles. The molecular weight excluding hydrogens is 246 g/mol. The average Bonchev–Trinajstić information content (AvgIpc) is 2.23. The molecule has 1 aromatic rings. The van der Waals surface area contributed by atoms with Crippen molar-refractivity contribution < 1.29 is 0 Å². The molecule has 0 fully saturated rings. The summed E-state index contributed by atoms with van der Waals surface area (Å²) in [6, 6.07) is 1.78. The Hall–Kier alpha value is -0.830. The molecule has 102 valence electrons. The molecule has 18 heavy (non-hydrogen) atoms. The fraction of sp³-hybridized carbons (Fsp3) is 0.714.